The number of carboxylic acids is 1. The highest BCUT2D eigenvalue weighted by atomic mass is 35.5. The third-order valence-corrected chi connectivity index (χ3v) is 7.82. The van der Waals surface area contributed by atoms with Crippen LogP contribution < -0.4 is 18.9 Å². The second-order valence-electron chi connectivity index (χ2n) is 10.6. The van der Waals surface area contributed by atoms with E-state index in [0.29, 0.717) is 52.9 Å². The van der Waals surface area contributed by atoms with Crippen LogP contribution in [-0.4, -0.2) is 48.6 Å². The van der Waals surface area contributed by atoms with Crippen molar-refractivity contribution < 1.29 is 33.6 Å². The Morgan fingerprint density at radius 2 is 1.76 bits per heavy atom. The molecule has 0 radical (unpaired) electrons. The summed E-state index contributed by atoms with van der Waals surface area (Å²) in [5.74, 6) is 0.959. The summed E-state index contributed by atoms with van der Waals surface area (Å²) in [5.41, 5.74) is 5.85. The molecule has 1 atom stereocenters. The Kier molecular flexibility index (Phi) is 9.88. The van der Waals surface area contributed by atoms with E-state index in [1.54, 1.807) is 30.3 Å². The monoisotopic (exact) mass is 626 g/mol. The summed E-state index contributed by atoms with van der Waals surface area (Å²) in [4.78, 5) is 24.4. The zero-order valence-electron chi connectivity index (χ0n) is 24.8. The van der Waals surface area contributed by atoms with E-state index in [9.17, 15) is 20.0 Å². The first-order valence-corrected chi connectivity index (χ1v) is 14.6. The molecule has 0 saturated carbocycles. The van der Waals surface area contributed by atoms with Crippen molar-refractivity contribution in [1.29, 1.82) is 5.26 Å². The van der Waals surface area contributed by atoms with E-state index >= 15 is 0 Å². The van der Waals surface area contributed by atoms with Gasteiger partial charge in [-0.3, -0.25) is 9.69 Å². The van der Waals surface area contributed by atoms with Crippen LogP contribution in [0.3, 0.4) is 0 Å². The highest BCUT2D eigenvalue weighted by Crippen LogP contribution is 2.38. The van der Waals surface area contributed by atoms with Crippen molar-refractivity contribution in [2.24, 2.45) is 0 Å². The number of rotatable bonds is 12. The summed E-state index contributed by atoms with van der Waals surface area (Å²) in [7, 11) is 1.53. The minimum atomic E-state index is -1.34. The summed E-state index contributed by atoms with van der Waals surface area (Å²) < 4.78 is 23.8. The SMILES string of the molecule is Cc1c(COc2cc(OCc3cccc(C#N)c3)c(CN(C)[C@@H](C=O)C(=O)O)cc2Cl)cccc1-c1ccc2c(c1)OCCO2. The first-order chi connectivity index (χ1) is 21.8. The first-order valence-electron chi connectivity index (χ1n) is 14.2. The van der Waals surface area contributed by atoms with Crippen molar-refractivity contribution in [3.8, 4) is 40.2 Å². The summed E-state index contributed by atoms with van der Waals surface area (Å²) in [5, 5.41) is 19.0. The van der Waals surface area contributed by atoms with Gasteiger partial charge in [0, 0.05) is 18.2 Å². The van der Waals surface area contributed by atoms with Crippen LogP contribution in [0.25, 0.3) is 11.1 Å². The van der Waals surface area contributed by atoms with Crippen LogP contribution >= 0.6 is 11.6 Å². The van der Waals surface area contributed by atoms with Gasteiger partial charge in [-0.25, -0.2) is 0 Å². The van der Waals surface area contributed by atoms with E-state index in [1.165, 1.54) is 11.9 Å². The molecule has 0 amide bonds. The average Bonchev–Trinajstić information content (AvgIpc) is 3.04. The van der Waals surface area contributed by atoms with Gasteiger partial charge in [0.05, 0.1) is 16.7 Å². The maximum absolute atomic E-state index is 11.6. The second-order valence-corrected chi connectivity index (χ2v) is 11.0. The van der Waals surface area contributed by atoms with Gasteiger partial charge in [0.25, 0.3) is 0 Å². The van der Waals surface area contributed by atoms with Gasteiger partial charge in [-0.05, 0) is 72.1 Å². The summed E-state index contributed by atoms with van der Waals surface area (Å²) >= 11 is 6.67. The number of hydrogen-bond acceptors (Lipinski definition) is 8. The molecule has 0 aliphatic carbocycles. The fraction of sp³-hybridized carbons (Fsp3) is 0.229. The number of fused-ring (bicyclic) bond motifs is 1. The molecular weight excluding hydrogens is 596 g/mol. The highest BCUT2D eigenvalue weighted by Gasteiger charge is 2.24. The first kappa shape index (κ1) is 31.4. The van der Waals surface area contributed by atoms with Crippen LogP contribution in [0.1, 0.15) is 27.8 Å². The fourth-order valence-corrected chi connectivity index (χ4v) is 5.31. The van der Waals surface area contributed by atoms with Crippen molar-refractivity contribution >= 4 is 23.9 Å². The third kappa shape index (κ3) is 7.37. The van der Waals surface area contributed by atoms with E-state index in [0.717, 1.165) is 33.6 Å². The number of halogens is 1. The number of aldehydes is 1. The van der Waals surface area contributed by atoms with Gasteiger partial charge in [-0.1, -0.05) is 48.0 Å². The number of carbonyl (C=O) groups is 2. The number of hydrogen-bond donors (Lipinski definition) is 1. The smallest absolute Gasteiger partial charge is 0.328 e. The Bertz CT molecular complexity index is 1770. The molecule has 0 fully saturated rings. The average molecular weight is 627 g/mol. The predicted octanol–water partition coefficient (Wildman–Crippen LogP) is 6.20. The summed E-state index contributed by atoms with van der Waals surface area (Å²) in [6.07, 6.45) is 0.372. The molecule has 10 heteroatoms. The Balaban J connectivity index is 1.40. The van der Waals surface area contributed by atoms with Crippen LogP contribution in [0.5, 0.6) is 23.0 Å². The van der Waals surface area contributed by atoms with Crippen LogP contribution in [0.2, 0.25) is 5.02 Å². The number of carboxylic acid groups (broad SMARTS) is 1. The molecule has 1 heterocycles. The number of carbonyl (C=O) groups excluding carboxylic acids is 1. The van der Waals surface area contributed by atoms with Gasteiger partial charge in [-0.2, -0.15) is 5.26 Å². The Morgan fingerprint density at radius 1 is 1.00 bits per heavy atom. The quantitative estimate of drug-likeness (QED) is 0.145. The lowest BCUT2D eigenvalue weighted by Gasteiger charge is -2.23. The van der Waals surface area contributed by atoms with Crippen molar-refractivity contribution in [2.75, 3.05) is 20.3 Å². The van der Waals surface area contributed by atoms with Crippen LogP contribution in [0.4, 0.5) is 0 Å². The van der Waals surface area contributed by atoms with Crippen LogP contribution in [0.15, 0.2) is 72.8 Å². The lowest BCUT2D eigenvalue weighted by Crippen LogP contribution is -2.39. The number of nitriles is 1. The van der Waals surface area contributed by atoms with Gasteiger partial charge in [-0.15, -0.1) is 0 Å². The number of nitrogens with zero attached hydrogens (tertiary/aromatic N) is 2. The molecule has 1 aliphatic rings. The molecule has 1 N–H and O–H groups in total. The zero-order valence-corrected chi connectivity index (χ0v) is 25.5. The molecule has 230 valence electrons. The van der Waals surface area contributed by atoms with E-state index < -0.39 is 12.0 Å². The molecule has 0 bridgehead atoms. The van der Waals surface area contributed by atoms with Gasteiger partial charge in [0.15, 0.2) is 17.5 Å². The molecule has 9 nitrogen and oxygen atoms in total. The van der Waals surface area contributed by atoms with Gasteiger partial charge >= 0.3 is 5.97 Å². The lowest BCUT2D eigenvalue weighted by atomic mass is 9.96. The normalized spacial score (nSPS) is 12.7. The maximum Gasteiger partial charge on any atom is 0.328 e. The molecule has 0 spiro atoms. The second kappa shape index (κ2) is 14.2. The fourth-order valence-electron chi connectivity index (χ4n) is 5.07. The molecule has 0 aromatic heterocycles. The van der Waals surface area contributed by atoms with Crippen molar-refractivity contribution in [1.82, 2.24) is 4.90 Å². The highest BCUT2D eigenvalue weighted by molar-refractivity contribution is 6.32. The Hall–Kier alpha value is -5.04. The largest absolute Gasteiger partial charge is 0.488 e. The number of likely N-dealkylation sites (N-methyl/N-ethyl adjacent to an activating group) is 1. The molecule has 4 aromatic carbocycles. The lowest BCUT2D eigenvalue weighted by molar-refractivity contribution is -0.144. The number of ether oxygens (including phenoxy) is 4. The predicted molar refractivity (Wildman–Crippen MR) is 168 cm³/mol. The van der Waals surface area contributed by atoms with Crippen molar-refractivity contribution in [3.05, 3.63) is 106 Å². The third-order valence-electron chi connectivity index (χ3n) is 7.52. The van der Waals surface area contributed by atoms with E-state index in [-0.39, 0.29) is 19.8 Å². The van der Waals surface area contributed by atoms with E-state index in [1.807, 2.05) is 49.4 Å². The topological polar surface area (TPSA) is 118 Å². The van der Waals surface area contributed by atoms with Crippen molar-refractivity contribution in [3.63, 3.8) is 0 Å². The Labute approximate surface area is 266 Å². The van der Waals surface area contributed by atoms with Gasteiger partial charge in [0.2, 0.25) is 0 Å². The summed E-state index contributed by atoms with van der Waals surface area (Å²) in [6, 6.07) is 23.0. The molecule has 1 aliphatic heterocycles. The minimum absolute atomic E-state index is 0.0694. The molecule has 45 heavy (non-hydrogen) atoms. The van der Waals surface area contributed by atoms with Crippen molar-refractivity contribution in [2.45, 2.75) is 32.7 Å². The molecular formula is C35H31ClN2O7. The molecule has 0 unspecified atom stereocenters. The van der Waals surface area contributed by atoms with E-state index in [4.69, 9.17) is 30.5 Å². The molecule has 5 rings (SSSR count). The maximum atomic E-state index is 11.6. The molecule has 4 aromatic rings. The van der Waals surface area contributed by atoms with Gasteiger partial charge < -0.3 is 28.8 Å². The Morgan fingerprint density at radius 3 is 2.51 bits per heavy atom. The van der Waals surface area contributed by atoms with E-state index in [2.05, 4.69) is 6.07 Å². The summed E-state index contributed by atoms with van der Waals surface area (Å²) in [6.45, 7) is 3.50. The van der Waals surface area contributed by atoms with Gasteiger partial charge in [0.1, 0.15) is 44.2 Å². The minimum Gasteiger partial charge on any atom is -0.488 e. The zero-order chi connectivity index (χ0) is 31.9. The number of aliphatic carboxylic acids is 1. The number of benzene rings is 4. The standard InChI is InChI=1S/C35H31ClN2O7/c1-22-26(7-4-8-28(22)25-9-10-31-34(15-25)43-12-11-42-31)21-45-33-16-32(44-20-24-6-3-5-23(13-24)17-37)27(14-29(33)36)18-38(2)30(19-39)35(40)41/h3-10,13-16,19,30H,11-12,18,20-21H2,1-2H3,(H,40,41)/t30-/m0/s1. The van der Waals surface area contributed by atoms with Crippen LogP contribution in [-0.2, 0) is 29.3 Å². The molecule has 0 saturated heterocycles. The van der Waals surface area contributed by atoms with Crippen LogP contribution in [0, 0.1) is 18.3 Å².